The Morgan fingerprint density at radius 2 is 2.21 bits per heavy atom. The minimum absolute atomic E-state index is 0.0622. The number of hydrogen-bond acceptors (Lipinski definition) is 3. The number of nitrogens with zero attached hydrogens (tertiary/aromatic N) is 2. The van der Waals surface area contributed by atoms with Gasteiger partial charge in [-0.05, 0) is 13.0 Å². The predicted octanol–water partition coefficient (Wildman–Crippen LogP) is 0.617. The molecular formula is C7H12F3N3O. The van der Waals surface area contributed by atoms with Gasteiger partial charge in [-0.25, -0.2) is 0 Å². The molecule has 0 amide bonds. The molecule has 1 rings (SSSR count). The molecule has 3 N–H and O–H groups in total. The summed E-state index contributed by atoms with van der Waals surface area (Å²) in [6.07, 6.45) is -4.05. The molecule has 1 heterocycles. The summed E-state index contributed by atoms with van der Waals surface area (Å²) in [5.41, 5.74) is 5.18. The molecule has 0 aliphatic carbocycles. The highest BCUT2D eigenvalue weighted by Gasteiger charge is 2.43. The summed E-state index contributed by atoms with van der Waals surface area (Å²) in [7, 11) is 0. The Kier molecular flexibility index (Phi) is 3.20. The first-order valence-electron chi connectivity index (χ1n) is 4.19. The molecule has 1 saturated heterocycles. The topological polar surface area (TPSA) is 61.8 Å². The SMILES string of the molecule is N/C(CN1CC[C@@H](C(F)(F)F)C1)=N/O. The highest BCUT2D eigenvalue weighted by molar-refractivity contribution is 5.81. The van der Waals surface area contributed by atoms with E-state index in [1.807, 2.05) is 0 Å². The summed E-state index contributed by atoms with van der Waals surface area (Å²) in [5.74, 6) is -1.35. The maximum atomic E-state index is 12.2. The molecule has 0 aromatic carbocycles. The van der Waals surface area contributed by atoms with Gasteiger partial charge in [-0.15, -0.1) is 0 Å². The monoisotopic (exact) mass is 211 g/mol. The Bertz CT molecular complexity index is 229. The molecule has 0 aromatic rings. The van der Waals surface area contributed by atoms with Crippen molar-refractivity contribution in [2.75, 3.05) is 19.6 Å². The van der Waals surface area contributed by atoms with Gasteiger partial charge < -0.3 is 10.9 Å². The largest absolute Gasteiger partial charge is 0.409 e. The quantitative estimate of drug-likeness (QED) is 0.304. The molecule has 0 aromatic heterocycles. The molecule has 0 saturated carbocycles. The second-order valence-corrected chi connectivity index (χ2v) is 3.35. The minimum Gasteiger partial charge on any atom is -0.409 e. The van der Waals surface area contributed by atoms with Crippen LogP contribution in [0.15, 0.2) is 5.16 Å². The summed E-state index contributed by atoms with van der Waals surface area (Å²) in [4.78, 5) is 1.52. The second kappa shape index (κ2) is 4.04. The fourth-order valence-electron chi connectivity index (χ4n) is 1.50. The van der Waals surface area contributed by atoms with Gasteiger partial charge in [0, 0.05) is 6.54 Å². The Morgan fingerprint density at radius 3 is 2.64 bits per heavy atom. The summed E-state index contributed by atoms with van der Waals surface area (Å²) < 4.78 is 36.6. The summed E-state index contributed by atoms with van der Waals surface area (Å²) in [5, 5.41) is 10.9. The molecule has 1 aliphatic heterocycles. The molecular weight excluding hydrogens is 199 g/mol. The van der Waals surface area contributed by atoms with Crippen LogP contribution in [0.25, 0.3) is 0 Å². The smallest absolute Gasteiger partial charge is 0.393 e. The van der Waals surface area contributed by atoms with Crippen molar-refractivity contribution in [3.63, 3.8) is 0 Å². The van der Waals surface area contributed by atoms with Crippen molar-refractivity contribution in [1.29, 1.82) is 0 Å². The van der Waals surface area contributed by atoms with Gasteiger partial charge in [0.25, 0.3) is 0 Å². The van der Waals surface area contributed by atoms with Gasteiger partial charge in [-0.1, -0.05) is 5.16 Å². The van der Waals surface area contributed by atoms with Crippen molar-refractivity contribution in [1.82, 2.24) is 4.90 Å². The van der Waals surface area contributed by atoms with Crippen LogP contribution in [0.1, 0.15) is 6.42 Å². The number of hydrogen-bond donors (Lipinski definition) is 2. The average Bonchev–Trinajstić information content (AvgIpc) is 2.51. The lowest BCUT2D eigenvalue weighted by molar-refractivity contribution is -0.170. The van der Waals surface area contributed by atoms with E-state index in [1.54, 1.807) is 0 Å². The fraction of sp³-hybridized carbons (Fsp3) is 0.857. The van der Waals surface area contributed by atoms with E-state index >= 15 is 0 Å². The van der Waals surface area contributed by atoms with Crippen molar-refractivity contribution in [2.45, 2.75) is 12.6 Å². The molecule has 4 nitrogen and oxygen atoms in total. The van der Waals surface area contributed by atoms with Crippen LogP contribution in [0.2, 0.25) is 0 Å². The van der Waals surface area contributed by atoms with Crippen LogP contribution >= 0.6 is 0 Å². The van der Waals surface area contributed by atoms with Crippen molar-refractivity contribution in [2.24, 2.45) is 16.8 Å². The van der Waals surface area contributed by atoms with Crippen LogP contribution in [0.3, 0.4) is 0 Å². The zero-order chi connectivity index (χ0) is 10.8. The summed E-state index contributed by atoms with van der Waals surface area (Å²) in [6.45, 7) is 0.350. The van der Waals surface area contributed by atoms with E-state index in [0.717, 1.165) is 0 Å². The molecule has 82 valence electrons. The predicted molar refractivity (Wildman–Crippen MR) is 44.0 cm³/mol. The maximum Gasteiger partial charge on any atom is 0.393 e. The van der Waals surface area contributed by atoms with Crippen LogP contribution in [0.5, 0.6) is 0 Å². The van der Waals surface area contributed by atoms with E-state index in [-0.39, 0.29) is 25.3 Å². The first kappa shape index (κ1) is 11.1. The lowest BCUT2D eigenvalue weighted by atomic mass is 10.1. The van der Waals surface area contributed by atoms with Gasteiger partial charge >= 0.3 is 6.18 Å². The van der Waals surface area contributed by atoms with Crippen LogP contribution in [-0.2, 0) is 0 Å². The van der Waals surface area contributed by atoms with E-state index < -0.39 is 12.1 Å². The Hall–Kier alpha value is -0.980. The van der Waals surface area contributed by atoms with Crippen molar-refractivity contribution < 1.29 is 18.4 Å². The number of amidine groups is 1. The van der Waals surface area contributed by atoms with E-state index in [9.17, 15) is 13.2 Å². The first-order chi connectivity index (χ1) is 6.43. The standard InChI is InChI=1S/C7H12F3N3O/c8-7(9,10)5-1-2-13(3-5)4-6(11)12-14/h5,14H,1-4H2,(H2,11,12)/t5-/m1/s1. The highest BCUT2D eigenvalue weighted by Crippen LogP contribution is 2.33. The fourth-order valence-corrected chi connectivity index (χ4v) is 1.50. The molecule has 7 heteroatoms. The van der Waals surface area contributed by atoms with E-state index in [2.05, 4.69) is 5.16 Å². The van der Waals surface area contributed by atoms with Crippen LogP contribution in [0.4, 0.5) is 13.2 Å². The summed E-state index contributed by atoms with van der Waals surface area (Å²) in [6, 6.07) is 0. The van der Waals surface area contributed by atoms with Crippen molar-refractivity contribution in [3.8, 4) is 0 Å². The van der Waals surface area contributed by atoms with E-state index in [1.165, 1.54) is 4.90 Å². The highest BCUT2D eigenvalue weighted by atomic mass is 19.4. The summed E-state index contributed by atoms with van der Waals surface area (Å²) >= 11 is 0. The van der Waals surface area contributed by atoms with Gasteiger partial charge in [0.1, 0.15) is 0 Å². The number of alkyl halides is 3. The number of rotatable bonds is 2. The number of halogens is 3. The second-order valence-electron chi connectivity index (χ2n) is 3.35. The van der Waals surface area contributed by atoms with Crippen molar-refractivity contribution in [3.05, 3.63) is 0 Å². The molecule has 0 radical (unpaired) electrons. The van der Waals surface area contributed by atoms with Crippen LogP contribution in [0, 0.1) is 5.92 Å². The molecule has 1 fully saturated rings. The third kappa shape index (κ3) is 2.76. The Balaban J connectivity index is 2.42. The van der Waals surface area contributed by atoms with Gasteiger partial charge in [-0.2, -0.15) is 13.2 Å². The van der Waals surface area contributed by atoms with Gasteiger partial charge in [0.15, 0.2) is 5.84 Å². The third-order valence-corrected chi connectivity index (χ3v) is 2.25. The average molecular weight is 211 g/mol. The molecule has 1 aliphatic rings. The number of oxime groups is 1. The molecule has 0 unspecified atom stereocenters. The zero-order valence-corrected chi connectivity index (χ0v) is 7.46. The van der Waals surface area contributed by atoms with Gasteiger partial charge in [0.2, 0.25) is 0 Å². The number of likely N-dealkylation sites (tertiary alicyclic amines) is 1. The van der Waals surface area contributed by atoms with Gasteiger partial charge in [0.05, 0.1) is 12.5 Å². The molecule has 14 heavy (non-hydrogen) atoms. The first-order valence-corrected chi connectivity index (χ1v) is 4.19. The van der Waals surface area contributed by atoms with E-state index in [0.29, 0.717) is 6.54 Å². The minimum atomic E-state index is -4.14. The lowest BCUT2D eigenvalue weighted by Gasteiger charge is -2.16. The van der Waals surface area contributed by atoms with Crippen LogP contribution in [-0.4, -0.2) is 41.8 Å². The molecule has 0 spiro atoms. The zero-order valence-electron chi connectivity index (χ0n) is 7.46. The van der Waals surface area contributed by atoms with Crippen LogP contribution < -0.4 is 5.73 Å². The maximum absolute atomic E-state index is 12.2. The van der Waals surface area contributed by atoms with Gasteiger partial charge in [-0.3, -0.25) is 4.90 Å². The molecule has 1 atom stereocenters. The normalized spacial score (nSPS) is 25.6. The Morgan fingerprint density at radius 1 is 1.57 bits per heavy atom. The lowest BCUT2D eigenvalue weighted by Crippen LogP contribution is -2.34. The Labute approximate surface area is 79.2 Å². The number of nitrogens with two attached hydrogens (primary N) is 1. The third-order valence-electron chi connectivity index (χ3n) is 2.25. The van der Waals surface area contributed by atoms with Crippen molar-refractivity contribution >= 4 is 5.84 Å². The molecule has 0 bridgehead atoms. The van der Waals surface area contributed by atoms with E-state index in [4.69, 9.17) is 10.9 Å².